The van der Waals surface area contributed by atoms with E-state index in [1.807, 2.05) is 12.1 Å². The molecule has 0 spiro atoms. The van der Waals surface area contributed by atoms with Crippen molar-refractivity contribution in [3.8, 4) is 21.3 Å². The lowest BCUT2D eigenvalue weighted by Gasteiger charge is -1.92. The fourth-order valence-electron chi connectivity index (χ4n) is 1.70. The van der Waals surface area contributed by atoms with Crippen LogP contribution in [-0.2, 0) is 6.42 Å². The van der Waals surface area contributed by atoms with Crippen LogP contribution in [0.1, 0.15) is 12.6 Å². The van der Waals surface area contributed by atoms with Crippen LogP contribution in [0.3, 0.4) is 0 Å². The maximum absolute atomic E-state index is 5.37. The van der Waals surface area contributed by atoms with Crippen molar-refractivity contribution < 1.29 is 4.42 Å². The number of hydrogen-bond donors (Lipinski definition) is 1. The van der Waals surface area contributed by atoms with Gasteiger partial charge in [0.1, 0.15) is 9.88 Å². The first-order valence-electron chi connectivity index (χ1n) is 5.74. The maximum Gasteiger partial charge on any atom is 0.284 e. The number of pyridine rings is 1. The van der Waals surface area contributed by atoms with E-state index < -0.39 is 0 Å². The summed E-state index contributed by atoms with van der Waals surface area (Å²) < 4.78 is 5.37. The quantitative estimate of drug-likeness (QED) is 0.748. The lowest BCUT2D eigenvalue weighted by Crippen LogP contribution is -1.84. The van der Waals surface area contributed by atoms with Crippen molar-refractivity contribution in [1.82, 2.24) is 20.2 Å². The third-order valence-corrected chi connectivity index (χ3v) is 3.90. The molecule has 0 saturated carbocycles. The van der Waals surface area contributed by atoms with Crippen molar-refractivity contribution >= 4 is 23.6 Å². The fourth-order valence-corrected chi connectivity index (χ4v) is 2.91. The largest absolute Gasteiger partial charge is 0.408 e. The highest BCUT2D eigenvalue weighted by molar-refractivity contribution is 7.71. The first-order valence-corrected chi connectivity index (χ1v) is 6.96. The molecule has 3 rings (SSSR count). The second kappa shape index (κ2) is 5.02. The number of aryl methyl sites for hydroxylation is 1. The molecule has 96 valence electrons. The van der Waals surface area contributed by atoms with Crippen molar-refractivity contribution in [2.75, 3.05) is 0 Å². The van der Waals surface area contributed by atoms with Crippen LogP contribution in [0.5, 0.6) is 0 Å². The smallest absolute Gasteiger partial charge is 0.284 e. The SMILES string of the molecule is CCc1nc(-c2ccncc2)sc1-c1n[nH]c(=S)o1. The topological polar surface area (TPSA) is 67.6 Å². The van der Waals surface area contributed by atoms with Gasteiger partial charge in [0, 0.05) is 18.0 Å². The van der Waals surface area contributed by atoms with Crippen molar-refractivity contribution in [2.24, 2.45) is 0 Å². The molecule has 0 unspecified atom stereocenters. The summed E-state index contributed by atoms with van der Waals surface area (Å²) in [5.41, 5.74) is 2.00. The van der Waals surface area contributed by atoms with Gasteiger partial charge in [-0.3, -0.25) is 4.98 Å². The molecule has 0 radical (unpaired) electrons. The van der Waals surface area contributed by atoms with Gasteiger partial charge in [0.25, 0.3) is 10.7 Å². The number of rotatable bonds is 3. The van der Waals surface area contributed by atoms with Gasteiger partial charge in [-0.15, -0.1) is 16.4 Å². The number of nitrogens with one attached hydrogen (secondary N) is 1. The van der Waals surface area contributed by atoms with E-state index in [-0.39, 0.29) is 4.84 Å². The fraction of sp³-hybridized carbons (Fsp3) is 0.167. The van der Waals surface area contributed by atoms with Gasteiger partial charge < -0.3 is 4.42 Å². The Morgan fingerprint density at radius 3 is 2.79 bits per heavy atom. The van der Waals surface area contributed by atoms with E-state index >= 15 is 0 Å². The summed E-state index contributed by atoms with van der Waals surface area (Å²) in [6.45, 7) is 2.05. The molecule has 0 fully saturated rings. The third kappa shape index (κ3) is 2.34. The van der Waals surface area contributed by atoms with E-state index in [2.05, 4.69) is 27.1 Å². The Hall–Kier alpha value is -1.86. The van der Waals surface area contributed by atoms with Crippen LogP contribution in [0.15, 0.2) is 28.9 Å². The van der Waals surface area contributed by atoms with Crippen molar-refractivity contribution in [3.05, 3.63) is 35.1 Å². The number of thiazole rings is 1. The molecular formula is C12H10N4OS2. The highest BCUT2D eigenvalue weighted by atomic mass is 32.1. The predicted molar refractivity (Wildman–Crippen MR) is 75.4 cm³/mol. The second-order valence-electron chi connectivity index (χ2n) is 3.80. The van der Waals surface area contributed by atoms with Crippen molar-refractivity contribution in [2.45, 2.75) is 13.3 Å². The summed E-state index contributed by atoms with van der Waals surface area (Å²) >= 11 is 6.45. The summed E-state index contributed by atoms with van der Waals surface area (Å²) in [6.07, 6.45) is 4.32. The Labute approximate surface area is 118 Å². The van der Waals surface area contributed by atoms with Crippen LogP contribution in [0.25, 0.3) is 21.3 Å². The zero-order chi connectivity index (χ0) is 13.2. The minimum absolute atomic E-state index is 0.274. The lowest BCUT2D eigenvalue weighted by molar-refractivity contribution is 0.552. The highest BCUT2D eigenvalue weighted by Gasteiger charge is 2.16. The van der Waals surface area contributed by atoms with Gasteiger partial charge in [-0.1, -0.05) is 6.92 Å². The molecule has 0 aliphatic rings. The average molecular weight is 290 g/mol. The summed E-state index contributed by atoms with van der Waals surface area (Å²) in [4.78, 5) is 9.83. The predicted octanol–water partition coefficient (Wildman–Crippen LogP) is 3.48. The summed E-state index contributed by atoms with van der Waals surface area (Å²) in [5.74, 6) is 0.500. The molecule has 0 bridgehead atoms. The first kappa shape index (κ1) is 12.2. The van der Waals surface area contributed by atoms with Crippen molar-refractivity contribution in [3.63, 3.8) is 0 Å². The Bertz CT molecular complexity index is 744. The maximum atomic E-state index is 5.37. The van der Waals surface area contributed by atoms with Crippen molar-refractivity contribution in [1.29, 1.82) is 0 Å². The normalized spacial score (nSPS) is 10.8. The highest BCUT2D eigenvalue weighted by Crippen LogP contribution is 2.34. The Balaban J connectivity index is 2.11. The molecule has 5 nitrogen and oxygen atoms in total. The van der Waals surface area contributed by atoms with Gasteiger partial charge in [-0.2, -0.15) is 0 Å². The molecule has 3 aromatic rings. The van der Waals surface area contributed by atoms with E-state index in [4.69, 9.17) is 16.6 Å². The minimum Gasteiger partial charge on any atom is -0.408 e. The molecular weight excluding hydrogens is 280 g/mol. The molecule has 0 aromatic carbocycles. The molecule has 19 heavy (non-hydrogen) atoms. The number of H-pyrrole nitrogens is 1. The summed E-state index contributed by atoms with van der Waals surface area (Å²) in [5, 5.41) is 7.63. The molecule has 0 amide bonds. The Morgan fingerprint density at radius 1 is 1.37 bits per heavy atom. The molecule has 0 aliphatic carbocycles. The molecule has 0 saturated heterocycles. The molecule has 3 heterocycles. The van der Waals surface area contributed by atoms with E-state index in [1.54, 1.807) is 23.7 Å². The van der Waals surface area contributed by atoms with Crippen LogP contribution in [0.4, 0.5) is 0 Å². The number of hydrogen-bond acceptors (Lipinski definition) is 6. The molecule has 0 aliphatic heterocycles. The zero-order valence-corrected chi connectivity index (χ0v) is 11.7. The molecule has 7 heteroatoms. The average Bonchev–Trinajstić information content (AvgIpc) is 3.05. The first-order chi connectivity index (χ1) is 9.28. The summed E-state index contributed by atoms with van der Waals surface area (Å²) in [6, 6.07) is 3.87. The second-order valence-corrected chi connectivity index (χ2v) is 5.17. The zero-order valence-electron chi connectivity index (χ0n) is 10.1. The van der Waals surface area contributed by atoms with Gasteiger partial charge in [0.05, 0.1) is 5.69 Å². The van der Waals surface area contributed by atoms with Crippen LogP contribution in [-0.4, -0.2) is 20.2 Å². The van der Waals surface area contributed by atoms with Crippen LogP contribution in [0, 0.1) is 4.84 Å². The number of aromatic nitrogens is 4. The minimum atomic E-state index is 0.274. The Morgan fingerprint density at radius 2 is 2.16 bits per heavy atom. The van der Waals surface area contributed by atoms with Gasteiger partial charge in [0.15, 0.2) is 0 Å². The van der Waals surface area contributed by atoms with Gasteiger partial charge in [0.2, 0.25) is 0 Å². The van der Waals surface area contributed by atoms with E-state index in [1.165, 1.54) is 0 Å². The van der Waals surface area contributed by atoms with Crippen LogP contribution >= 0.6 is 23.6 Å². The number of aromatic amines is 1. The Kier molecular flexibility index (Phi) is 3.22. The summed E-state index contributed by atoms with van der Waals surface area (Å²) in [7, 11) is 0. The molecule has 3 aromatic heterocycles. The van der Waals surface area contributed by atoms with E-state index in [0.29, 0.717) is 5.89 Å². The standard InChI is InChI=1S/C12H10N4OS2/c1-2-8-9(10-15-16-12(18)17-10)19-11(14-8)7-3-5-13-6-4-7/h3-6H,2H2,1H3,(H,16,18). The number of nitrogens with zero attached hydrogens (tertiary/aromatic N) is 3. The third-order valence-electron chi connectivity index (χ3n) is 2.59. The van der Waals surface area contributed by atoms with Gasteiger partial charge >= 0.3 is 0 Å². The van der Waals surface area contributed by atoms with Crippen LogP contribution in [0.2, 0.25) is 0 Å². The molecule has 0 atom stereocenters. The molecule has 1 N–H and O–H groups in total. The van der Waals surface area contributed by atoms with E-state index in [9.17, 15) is 0 Å². The van der Waals surface area contributed by atoms with Gasteiger partial charge in [-0.25, -0.2) is 10.1 Å². The lowest BCUT2D eigenvalue weighted by atomic mass is 10.2. The van der Waals surface area contributed by atoms with Gasteiger partial charge in [-0.05, 0) is 30.8 Å². The van der Waals surface area contributed by atoms with E-state index in [0.717, 1.165) is 27.6 Å². The van der Waals surface area contributed by atoms with Crippen LogP contribution < -0.4 is 0 Å². The monoisotopic (exact) mass is 290 g/mol.